The molecule has 19 heavy (non-hydrogen) atoms. The molecule has 2 aliphatic carbocycles. The van der Waals surface area contributed by atoms with Crippen LogP contribution in [0.25, 0.3) is 5.69 Å². The van der Waals surface area contributed by atoms with E-state index in [4.69, 9.17) is 0 Å². The molecule has 2 heteroatoms. The lowest BCUT2D eigenvalue weighted by molar-refractivity contribution is 0.440. The number of nitrogens with one attached hydrogen (secondary N) is 1. The van der Waals surface area contributed by atoms with E-state index in [2.05, 4.69) is 58.7 Å². The Labute approximate surface area is 114 Å². The highest BCUT2D eigenvalue weighted by atomic mass is 15.0. The van der Waals surface area contributed by atoms with E-state index < -0.39 is 0 Å². The number of fused-ring (bicyclic) bond motifs is 2. The van der Waals surface area contributed by atoms with Crippen molar-refractivity contribution in [2.45, 2.75) is 31.7 Å². The molecule has 2 saturated carbocycles. The lowest BCUT2D eigenvalue weighted by Crippen LogP contribution is -2.25. The molecule has 4 rings (SSSR count). The fraction of sp³-hybridized carbons (Fsp3) is 0.412. The Balaban J connectivity index is 1.54. The third-order valence-electron chi connectivity index (χ3n) is 4.84. The van der Waals surface area contributed by atoms with Crippen molar-refractivity contribution in [1.29, 1.82) is 0 Å². The fourth-order valence-electron chi connectivity index (χ4n) is 3.90. The summed E-state index contributed by atoms with van der Waals surface area (Å²) in [5.41, 5.74) is 2.50. The van der Waals surface area contributed by atoms with Gasteiger partial charge in [-0.25, -0.2) is 0 Å². The zero-order valence-electron chi connectivity index (χ0n) is 11.1. The van der Waals surface area contributed by atoms with Gasteiger partial charge < -0.3 is 9.88 Å². The average molecular weight is 252 g/mol. The first-order valence-electron chi connectivity index (χ1n) is 7.38. The molecule has 0 spiro atoms. The van der Waals surface area contributed by atoms with Crippen LogP contribution in [0, 0.1) is 11.8 Å². The number of hydrogen-bond acceptors (Lipinski definition) is 1. The molecule has 0 aliphatic heterocycles. The number of rotatable bonds is 3. The first-order valence-corrected chi connectivity index (χ1v) is 7.38. The second kappa shape index (κ2) is 4.44. The molecule has 1 aromatic carbocycles. The van der Waals surface area contributed by atoms with Crippen LogP contribution in [0.2, 0.25) is 0 Å². The summed E-state index contributed by atoms with van der Waals surface area (Å²) in [6, 6.07) is 13.6. The number of aromatic nitrogens is 1. The van der Waals surface area contributed by atoms with Crippen LogP contribution in [-0.2, 0) is 0 Å². The summed E-state index contributed by atoms with van der Waals surface area (Å²) in [7, 11) is 0. The zero-order valence-corrected chi connectivity index (χ0v) is 11.1. The van der Waals surface area contributed by atoms with Gasteiger partial charge in [-0.2, -0.15) is 0 Å². The van der Waals surface area contributed by atoms with Crippen molar-refractivity contribution in [3.63, 3.8) is 0 Å². The maximum absolute atomic E-state index is 3.76. The first-order chi connectivity index (χ1) is 9.38. The van der Waals surface area contributed by atoms with Gasteiger partial charge >= 0.3 is 0 Å². The Hall–Kier alpha value is -1.70. The Morgan fingerprint density at radius 2 is 1.89 bits per heavy atom. The summed E-state index contributed by atoms with van der Waals surface area (Å²) in [5.74, 6) is 1.91. The smallest absolute Gasteiger partial charge is 0.0469 e. The predicted molar refractivity (Wildman–Crippen MR) is 78.6 cm³/mol. The van der Waals surface area contributed by atoms with E-state index in [0.29, 0.717) is 6.04 Å². The monoisotopic (exact) mass is 252 g/mol. The van der Waals surface area contributed by atoms with Crippen molar-refractivity contribution in [1.82, 2.24) is 4.57 Å². The molecule has 2 nitrogen and oxygen atoms in total. The van der Waals surface area contributed by atoms with E-state index in [-0.39, 0.29) is 0 Å². The molecule has 3 unspecified atom stereocenters. The van der Waals surface area contributed by atoms with E-state index in [1.54, 1.807) is 0 Å². The minimum absolute atomic E-state index is 0.707. The predicted octanol–water partition coefficient (Wildman–Crippen LogP) is 4.08. The molecule has 2 aliphatic rings. The Morgan fingerprint density at radius 1 is 1.00 bits per heavy atom. The van der Waals surface area contributed by atoms with Crippen LogP contribution < -0.4 is 5.32 Å². The van der Waals surface area contributed by atoms with Crippen molar-refractivity contribution in [2.24, 2.45) is 11.8 Å². The highest BCUT2D eigenvalue weighted by Gasteiger charge is 2.39. The molecule has 2 fully saturated rings. The molecule has 0 radical (unpaired) electrons. The van der Waals surface area contributed by atoms with Crippen molar-refractivity contribution >= 4 is 5.69 Å². The van der Waals surface area contributed by atoms with E-state index in [0.717, 1.165) is 11.8 Å². The van der Waals surface area contributed by atoms with Crippen LogP contribution in [0.3, 0.4) is 0 Å². The van der Waals surface area contributed by atoms with Gasteiger partial charge in [0.1, 0.15) is 0 Å². The summed E-state index contributed by atoms with van der Waals surface area (Å²) >= 11 is 0. The van der Waals surface area contributed by atoms with Crippen LogP contribution in [0.1, 0.15) is 25.7 Å². The lowest BCUT2D eigenvalue weighted by atomic mass is 9.95. The van der Waals surface area contributed by atoms with Gasteiger partial charge in [-0.1, -0.05) is 12.5 Å². The van der Waals surface area contributed by atoms with Gasteiger partial charge in [0.05, 0.1) is 0 Å². The van der Waals surface area contributed by atoms with Gasteiger partial charge in [-0.3, -0.25) is 0 Å². The van der Waals surface area contributed by atoms with Gasteiger partial charge in [0, 0.05) is 29.8 Å². The van der Waals surface area contributed by atoms with Gasteiger partial charge in [-0.15, -0.1) is 0 Å². The SMILES string of the molecule is c1cc(NC2CC3CCC2C3)cc(-n2cccc2)c1. The van der Waals surface area contributed by atoms with Crippen molar-refractivity contribution in [2.75, 3.05) is 5.32 Å². The van der Waals surface area contributed by atoms with Gasteiger partial charge in [-0.05, 0) is 61.4 Å². The van der Waals surface area contributed by atoms with Crippen molar-refractivity contribution < 1.29 is 0 Å². The normalized spacial score (nSPS) is 28.7. The minimum atomic E-state index is 0.707. The largest absolute Gasteiger partial charge is 0.382 e. The average Bonchev–Trinajstić information content (AvgIpc) is 3.17. The fourth-order valence-corrected chi connectivity index (χ4v) is 3.90. The highest BCUT2D eigenvalue weighted by molar-refractivity contribution is 5.52. The third-order valence-corrected chi connectivity index (χ3v) is 4.84. The van der Waals surface area contributed by atoms with Gasteiger partial charge in [0.2, 0.25) is 0 Å². The van der Waals surface area contributed by atoms with Gasteiger partial charge in [0.15, 0.2) is 0 Å². The minimum Gasteiger partial charge on any atom is -0.382 e. The maximum Gasteiger partial charge on any atom is 0.0469 e. The van der Waals surface area contributed by atoms with Crippen molar-refractivity contribution in [3.05, 3.63) is 48.8 Å². The number of benzene rings is 1. The van der Waals surface area contributed by atoms with Crippen LogP contribution in [0.4, 0.5) is 5.69 Å². The van der Waals surface area contributed by atoms with Crippen LogP contribution in [-0.4, -0.2) is 10.6 Å². The highest BCUT2D eigenvalue weighted by Crippen LogP contribution is 2.45. The van der Waals surface area contributed by atoms with E-state index >= 15 is 0 Å². The summed E-state index contributed by atoms with van der Waals surface area (Å²) in [4.78, 5) is 0. The third kappa shape index (κ3) is 2.05. The summed E-state index contributed by atoms with van der Waals surface area (Å²) in [6.07, 6.45) is 9.91. The number of anilines is 1. The van der Waals surface area contributed by atoms with Crippen LogP contribution >= 0.6 is 0 Å². The molecule has 98 valence electrons. The summed E-state index contributed by atoms with van der Waals surface area (Å²) < 4.78 is 2.16. The molecule has 0 amide bonds. The van der Waals surface area contributed by atoms with Gasteiger partial charge in [0.25, 0.3) is 0 Å². The molecule has 2 bridgehead atoms. The van der Waals surface area contributed by atoms with Crippen LogP contribution in [0.15, 0.2) is 48.8 Å². The molecule has 1 aromatic heterocycles. The number of hydrogen-bond donors (Lipinski definition) is 1. The molecule has 3 atom stereocenters. The standard InChI is InChI=1S/C17H20N2/c1-2-9-19(8-1)16-5-3-4-15(12-16)18-17-11-13-6-7-14(17)10-13/h1-5,8-9,12-14,17-18H,6-7,10-11H2. The molecule has 1 N–H and O–H groups in total. The molecule has 1 heterocycles. The second-order valence-corrected chi connectivity index (χ2v) is 6.07. The Kier molecular flexibility index (Phi) is 2.61. The topological polar surface area (TPSA) is 17.0 Å². The Morgan fingerprint density at radius 3 is 2.63 bits per heavy atom. The molecule has 2 aromatic rings. The van der Waals surface area contributed by atoms with Crippen molar-refractivity contribution in [3.8, 4) is 5.69 Å². The molecule has 0 saturated heterocycles. The zero-order chi connectivity index (χ0) is 12.7. The van der Waals surface area contributed by atoms with E-state index in [9.17, 15) is 0 Å². The van der Waals surface area contributed by atoms with Crippen LogP contribution in [0.5, 0.6) is 0 Å². The first kappa shape index (κ1) is 11.2. The summed E-state index contributed by atoms with van der Waals surface area (Å²) in [5, 5.41) is 3.76. The molecular formula is C17H20N2. The lowest BCUT2D eigenvalue weighted by Gasteiger charge is -2.24. The summed E-state index contributed by atoms with van der Waals surface area (Å²) in [6.45, 7) is 0. The Bertz CT molecular complexity index is 558. The second-order valence-electron chi connectivity index (χ2n) is 6.07. The molecular weight excluding hydrogens is 232 g/mol. The van der Waals surface area contributed by atoms with E-state index in [1.165, 1.54) is 37.1 Å². The number of nitrogens with zero attached hydrogens (tertiary/aromatic N) is 1. The quantitative estimate of drug-likeness (QED) is 0.871. The van der Waals surface area contributed by atoms with E-state index in [1.807, 2.05) is 0 Å². The maximum atomic E-state index is 3.76.